The number of carbonyl (C=O) groups excluding carboxylic acids is 1. The normalized spacial score (nSPS) is 9.77. The maximum atomic E-state index is 11.1. The number of benzene rings is 1. The number of rotatable bonds is 2. The molecular weight excluding hydrogens is 232 g/mol. The van der Waals surface area contributed by atoms with E-state index in [0.29, 0.717) is 5.33 Å². The van der Waals surface area contributed by atoms with Crippen molar-refractivity contribution in [2.24, 2.45) is 0 Å². The monoisotopic (exact) mass is 243 g/mol. The van der Waals surface area contributed by atoms with E-state index in [1.807, 2.05) is 32.0 Å². The number of alkyl halides is 1. The lowest BCUT2D eigenvalue weighted by Gasteiger charge is -2.09. The summed E-state index contributed by atoms with van der Waals surface area (Å²) in [5.74, 6) is -0.0163. The molecule has 0 unspecified atom stereocenters. The maximum absolute atomic E-state index is 11.1. The molecule has 1 aromatic carbocycles. The van der Waals surface area contributed by atoms with E-state index < -0.39 is 0 Å². The molecule has 0 heterocycles. The van der Waals surface area contributed by atoms with Crippen molar-refractivity contribution < 1.29 is 4.79 Å². The zero-order valence-corrected chi connectivity index (χ0v) is 9.31. The standard InChI is InChI=1S/C10H12BrNO/c1-7-4-3-5-8(2)10(7)12-9(13)6-11/h3-5H,6H2,1-2H3,(H,12,13)/i9+2. The Morgan fingerprint density at radius 1 is 1.38 bits per heavy atom. The molecule has 0 bridgehead atoms. The van der Waals surface area contributed by atoms with Gasteiger partial charge in [-0.3, -0.25) is 4.79 Å². The fourth-order valence-corrected chi connectivity index (χ4v) is 1.32. The second kappa shape index (κ2) is 4.42. The van der Waals surface area contributed by atoms with Crippen molar-refractivity contribution in [2.45, 2.75) is 13.8 Å². The molecule has 1 aromatic rings. The van der Waals surface area contributed by atoms with Gasteiger partial charge in [-0.1, -0.05) is 34.1 Å². The van der Waals surface area contributed by atoms with Crippen LogP contribution < -0.4 is 5.32 Å². The first-order valence-electron chi connectivity index (χ1n) is 4.07. The van der Waals surface area contributed by atoms with Crippen molar-refractivity contribution in [3.63, 3.8) is 0 Å². The Balaban J connectivity index is 2.93. The van der Waals surface area contributed by atoms with Gasteiger partial charge in [0.25, 0.3) is 0 Å². The third-order valence-corrected chi connectivity index (χ3v) is 2.38. The van der Waals surface area contributed by atoms with Crippen molar-refractivity contribution >= 4 is 27.5 Å². The lowest BCUT2D eigenvalue weighted by Crippen LogP contribution is -2.14. The molecule has 0 radical (unpaired) electrons. The summed E-state index contributed by atoms with van der Waals surface area (Å²) < 4.78 is 0. The number of anilines is 1. The van der Waals surface area contributed by atoms with Gasteiger partial charge in [0, 0.05) is 5.69 Å². The summed E-state index contributed by atoms with van der Waals surface area (Å²) in [6, 6.07) is 5.95. The SMILES string of the molecule is Cc1cccc(C)c1N[14C](=O)CBr. The second-order valence-electron chi connectivity index (χ2n) is 2.95. The van der Waals surface area contributed by atoms with Gasteiger partial charge in [-0.25, -0.2) is 0 Å². The van der Waals surface area contributed by atoms with Gasteiger partial charge in [0.15, 0.2) is 0 Å². The molecule has 3 heteroatoms. The van der Waals surface area contributed by atoms with Crippen molar-refractivity contribution in [3.05, 3.63) is 29.3 Å². The van der Waals surface area contributed by atoms with E-state index in [4.69, 9.17) is 0 Å². The van der Waals surface area contributed by atoms with Crippen molar-refractivity contribution in [1.82, 2.24) is 0 Å². The van der Waals surface area contributed by atoms with E-state index in [0.717, 1.165) is 16.8 Å². The minimum atomic E-state index is -0.0163. The number of hydrogen-bond donors (Lipinski definition) is 1. The van der Waals surface area contributed by atoms with Crippen LogP contribution in [-0.4, -0.2) is 11.2 Å². The number of aryl methyl sites for hydroxylation is 2. The Morgan fingerprint density at radius 3 is 2.38 bits per heavy atom. The Hall–Kier alpha value is -0.830. The van der Waals surface area contributed by atoms with Crippen LogP contribution in [0.15, 0.2) is 18.2 Å². The molecule has 0 aliphatic rings. The average molecular weight is 244 g/mol. The molecule has 13 heavy (non-hydrogen) atoms. The van der Waals surface area contributed by atoms with Crippen molar-refractivity contribution in [3.8, 4) is 0 Å². The molecule has 0 aliphatic carbocycles. The molecule has 0 saturated carbocycles. The van der Waals surface area contributed by atoms with Gasteiger partial charge in [-0.15, -0.1) is 0 Å². The smallest absolute Gasteiger partial charge is 0.235 e. The van der Waals surface area contributed by atoms with Crippen LogP contribution in [0.2, 0.25) is 0 Å². The third-order valence-electron chi connectivity index (χ3n) is 1.87. The molecule has 70 valence electrons. The van der Waals surface area contributed by atoms with E-state index in [1.165, 1.54) is 0 Å². The molecule has 0 aromatic heterocycles. The van der Waals surface area contributed by atoms with Gasteiger partial charge in [-0.05, 0) is 25.0 Å². The highest BCUT2D eigenvalue weighted by molar-refractivity contribution is 9.09. The highest BCUT2D eigenvalue weighted by atomic mass is 79.9. The average Bonchev–Trinajstić information content (AvgIpc) is 2.11. The molecule has 1 N–H and O–H groups in total. The van der Waals surface area contributed by atoms with Crippen LogP contribution >= 0.6 is 15.9 Å². The van der Waals surface area contributed by atoms with Gasteiger partial charge in [0.2, 0.25) is 5.91 Å². The van der Waals surface area contributed by atoms with Crippen LogP contribution in [0.1, 0.15) is 11.1 Å². The Bertz CT molecular complexity index is 302. The lowest BCUT2D eigenvalue weighted by atomic mass is 10.1. The zero-order chi connectivity index (χ0) is 9.84. The quantitative estimate of drug-likeness (QED) is 0.796. The van der Waals surface area contributed by atoms with Crippen molar-refractivity contribution in [2.75, 3.05) is 10.6 Å². The number of nitrogens with one attached hydrogen (secondary N) is 1. The fraction of sp³-hybridized carbons (Fsp3) is 0.300. The minimum Gasteiger partial charge on any atom is -0.325 e. The molecule has 0 aliphatic heterocycles. The molecule has 0 saturated heterocycles. The first kappa shape index (κ1) is 10.3. The topological polar surface area (TPSA) is 29.1 Å². The van der Waals surface area contributed by atoms with Crippen LogP contribution in [-0.2, 0) is 4.79 Å². The predicted octanol–water partition coefficient (Wildman–Crippen LogP) is 2.64. The molecule has 0 fully saturated rings. The number of hydrogen-bond acceptors (Lipinski definition) is 1. The highest BCUT2D eigenvalue weighted by Gasteiger charge is 2.04. The maximum Gasteiger partial charge on any atom is 0.235 e. The summed E-state index contributed by atoms with van der Waals surface area (Å²) in [5.41, 5.74) is 3.11. The van der Waals surface area contributed by atoms with Gasteiger partial charge >= 0.3 is 0 Å². The summed E-state index contributed by atoms with van der Waals surface area (Å²) in [5, 5.41) is 3.18. The number of para-hydroxylation sites is 1. The predicted molar refractivity (Wildman–Crippen MR) is 58.3 cm³/mol. The molecule has 1 rings (SSSR count). The molecule has 0 spiro atoms. The van der Waals surface area contributed by atoms with E-state index in [9.17, 15) is 4.79 Å². The lowest BCUT2D eigenvalue weighted by molar-refractivity contribution is -0.113. The summed E-state index contributed by atoms with van der Waals surface area (Å²) in [6.45, 7) is 3.97. The van der Waals surface area contributed by atoms with E-state index >= 15 is 0 Å². The van der Waals surface area contributed by atoms with Gasteiger partial charge in [0.1, 0.15) is 0 Å². The van der Waals surface area contributed by atoms with Crippen LogP contribution in [0.25, 0.3) is 0 Å². The Morgan fingerprint density at radius 2 is 1.92 bits per heavy atom. The zero-order valence-electron chi connectivity index (χ0n) is 7.73. The first-order valence-corrected chi connectivity index (χ1v) is 5.19. The third kappa shape index (κ3) is 2.56. The van der Waals surface area contributed by atoms with Gasteiger partial charge in [0.05, 0.1) is 5.33 Å². The Kier molecular flexibility index (Phi) is 3.48. The molecule has 1 amide bonds. The summed E-state index contributed by atoms with van der Waals surface area (Å²) >= 11 is 3.11. The minimum absolute atomic E-state index is 0.0163. The summed E-state index contributed by atoms with van der Waals surface area (Å²) in [6.07, 6.45) is 0. The molecule has 0 atom stereocenters. The molecular formula is C10H12BrNO. The number of halogens is 1. The Labute approximate surface area is 86.5 Å². The fourth-order valence-electron chi connectivity index (χ4n) is 1.18. The van der Waals surface area contributed by atoms with Crippen LogP contribution in [0.4, 0.5) is 5.69 Å². The van der Waals surface area contributed by atoms with Crippen LogP contribution in [0.3, 0.4) is 0 Å². The van der Waals surface area contributed by atoms with Crippen LogP contribution in [0, 0.1) is 13.8 Å². The summed E-state index contributed by atoms with van der Waals surface area (Å²) in [7, 11) is 0. The van der Waals surface area contributed by atoms with Gasteiger partial charge < -0.3 is 5.32 Å². The first-order chi connectivity index (χ1) is 6.15. The second-order valence-corrected chi connectivity index (χ2v) is 3.51. The number of amides is 1. The molecule has 2 nitrogen and oxygen atoms in total. The van der Waals surface area contributed by atoms with Gasteiger partial charge in [-0.2, -0.15) is 0 Å². The van der Waals surface area contributed by atoms with Crippen molar-refractivity contribution in [1.29, 1.82) is 0 Å². The highest BCUT2D eigenvalue weighted by Crippen LogP contribution is 2.19. The number of carbonyl (C=O) groups is 1. The van der Waals surface area contributed by atoms with Crippen LogP contribution in [0.5, 0.6) is 0 Å². The summed E-state index contributed by atoms with van der Waals surface area (Å²) in [4.78, 5) is 11.1. The van der Waals surface area contributed by atoms with E-state index in [1.54, 1.807) is 0 Å². The van der Waals surface area contributed by atoms with E-state index in [2.05, 4.69) is 21.2 Å². The largest absolute Gasteiger partial charge is 0.325 e. The van der Waals surface area contributed by atoms with E-state index in [-0.39, 0.29) is 5.91 Å².